The van der Waals surface area contributed by atoms with Crippen LogP contribution in [0.3, 0.4) is 0 Å². The maximum absolute atomic E-state index is 13.0. The number of rotatable bonds is 2. The monoisotopic (exact) mass is 364 g/mol. The van der Waals surface area contributed by atoms with Crippen LogP contribution >= 0.6 is 0 Å². The summed E-state index contributed by atoms with van der Waals surface area (Å²) in [5.41, 5.74) is 4.49. The van der Waals surface area contributed by atoms with Gasteiger partial charge in [0.2, 0.25) is 0 Å². The van der Waals surface area contributed by atoms with Crippen LogP contribution < -0.4 is 0 Å². The summed E-state index contributed by atoms with van der Waals surface area (Å²) >= 11 is 0. The molecule has 0 bridgehead atoms. The number of aryl methyl sites for hydroxylation is 3. The molecule has 0 N–H and O–H groups in total. The third-order valence-electron chi connectivity index (χ3n) is 5.60. The molecule has 0 aromatic carbocycles. The molecule has 1 saturated heterocycles. The Morgan fingerprint density at radius 1 is 1.19 bits per heavy atom. The molecule has 1 amide bonds. The van der Waals surface area contributed by atoms with E-state index in [-0.39, 0.29) is 11.8 Å². The number of amides is 1. The van der Waals surface area contributed by atoms with Gasteiger partial charge in [-0.15, -0.1) is 0 Å². The van der Waals surface area contributed by atoms with Crippen molar-refractivity contribution in [1.29, 1.82) is 0 Å². The Balaban J connectivity index is 1.65. The topological polar surface area (TPSA) is 76.3 Å². The molecule has 4 rings (SSSR count). The molecule has 1 aliphatic rings. The van der Waals surface area contributed by atoms with Gasteiger partial charge in [-0.05, 0) is 50.8 Å². The molecule has 1 unspecified atom stereocenters. The number of nitrogens with zero attached hydrogens (tertiary/aromatic N) is 6. The standard InChI is InChI=1S/C20H24N6O/c1-12-5-6-17(24-15(12)4)19(27)25-8-7-13(2)16(10-25)18-9-14(3)23-20-21-11-22-26(18)20/h5-6,9,11,13,16H,7-8,10H2,1-4H3/t13-,16?/m0/s1. The molecule has 4 heterocycles. The molecule has 7 heteroatoms. The Kier molecular flexibility index (Phi) is 4.37. The zero-order valence-corrected chi connectivity index (χ0v) is 16.2. The van der Waals surface area contributed by atoms with Crippen LogP contribution in [0, 0.1) is 26.7 Å². The lowest BCUT2D eigenvalue weighted by atomic mass is 9.84. The Morgan fingerprint density at radius 3 is 2.78 bits per heavy atom. The third kappa shape index (κ3) is 3.18. The number of likely N-dealkylation sites (tertiary alicyclic amines) is 1. The van der Waals surface area contributed by atoms with Crippen molar-refractivity contribution in [2.24, 2.45) is 5.92 Å². The first-order valence-electron chi connectivity index (χ1n) is 9.35. The maximum atomic E-state index is 13.0. The lowest BCUT2D eigenvalue weighted by molar-refractivity contribution is 0.0660. The Morgan fingerprint density at radius 2 is 2.00 bits per heavy atom. The molecular weight excluding hydrogens is 340 g/mol. The molecular formula is C20H24N6O. The van der Waals surface area contributed by atoms with Crippen molar-refractivity contribution in [2.45, 2.75) is 40.0 Å². The molecule has 0 spiro atoms. The lowest BCUT2D eigenvalue weighted by Gasteiger charge is -2.37. The van der Waals surface area contributed by atoms with E-state index in [1.54, 1.807) is 4.52 Å². The van der Waals surface area contributed by atoms with Crippen LogP contribution in [0.4, 0.5) is 0 Å². The normalized spacial score (nSPS) is 20.2. The fourth-order valence-electron chi connectivity index (χ4n) is 3.77. The summed E-state index contributed by atoms with van der Waals surface area (Å²) in [5, 5.41) is 4.35. The zero-order valence-electron chi connectivity index (χ0n) is 16.2. The predicted molar refractivity (Wildman–Crippen MR) is 102 cm³/mol. The largest absolute Gasteiger partial charge is 0.337 e. The number of pyridine rings is 1. The highest BCUT2D eigenvalue weighted by Gasteiger charge is 2.32. The van der Waals surface area contributed by atoms with E-state index in [1.807, 2.05) is 37.8 Å². The van der Waals surface area contributed by atoms with Gasteiger partial charge < -0.3 is 4.90 Å². The Bertz CT molecular complexity index is 1010. The van der Waals surface area contributed by atoms with E-state index in [0.29, 0.717) is 23.9 Å². The van der Waals surface area contributed by atoms with E-state index in [0.717, 1.165) is 35.6 Å². The number of fused-ring (bicyclic) bond motifs is 1. The molecule has 0 saturated carbocycles. The van der Waals surface area contributed by atoms with Gasteiger partial charge in [0.1, 0.15) is 12.0 Å². The summed E-state index contributed by atoms with van der Waals surface area (Å²) in [6, 6.07) is 5.85. The Labute approximate surface area is 158 Å². The van der Waals surface area contributed by atoms with Crippen LogP contribution in [-0.4, -0.2) is 48.5 Å². The molecule has 0 radical (unpaired) electrons. The minimum atomic E-state index is -0.00406. The van der Waals surface area contributed by atoms with Gasteiger partial charge in [0.05, 0.1) is 5.69 Å². The maximum Gasteiger partial charge on any atom is 0.272 e. The van der Waals surface area contributed by atoms with Crippen molar-refractivity contribution in [2.75, 3.05) is 13.1 Å². The van der Waals surface area contributed by atoms with Crippen LogP contribution in [0.1, 0.15) is 52.4 Å². The SMILES string of the molecule is Cc1cc(C2CN(C(=O)c3ccc(C)c(C)n3)CC[C@@H]2C)n2ncnc2n1. The van der Waals surface area contributed by atoms with Crippen molar-refractivity contribution in [1.82, 2.24) is 29.5 Å². The van der Waals surface area contributed by atoms with E-state index >= 15 is 0 Å². The molecule has 1 fully saturated rings. The minimum absolute atomic E-state index is 0.00406. The number of hydrogen-bond acceptors (Lipinski definition) is 5. The summed E-state index contributed by atoms with van der Waals surface area (Å²) in [5.74, 6) is 1.23. The van der Waals surface area contributed by atoms with Crippen molar-refractivity contribution in [3.05, 3.63) is 52.9 Å². The highest BCUT2D eigenvalue weighted by molar-refractivity contribution is 5.92. The predicted octanol–water partition coefficient (Wildman–Crippen LogP) is 2.71. The van der Waals surface area contributed by atoms with E-state index in [9.17, 15) is 4.79 Å². The molecule has 1 aliphatic heterocycles. The summed E-state index contributed by atoms with van der Waals surface area (Å²) in [4.78, 5) is 28.1. The van der Waals surface area contributed by atoms with Gasteiger partial charge in [0, 0.05) is 30.4 Å². The molecule has 2 atom stereocenters. The van der Waals surface area contributed by atoms with Gasteiger partial charge in [-0.25, -0.2) is 14.5 Å². The fraction of sp³-hybridized carbons (Fsp3) is 0.450. The van der Waals surface area contributed by atoms with E-state index in [2.05, 4.69) is 33.0 Å². The Hall–Kier alpha value is -2.83. The van der Waals surface area contributed by atoms with Crippen LogP contribution in [0.2, 0.25) is 0 Å². The van der Waals surface area contributed by atoms with Gasteiger partial charge >= 0.3 is 0 Å². The highest BCUT2D eigenvalue weighted by Crippen LogP contribution is 2.32. The summed E-state index contributed by atoms with van der Waals surface area (Å²) in [6.45, 7) is 9.54. The number of carbonyl (C=O) groups is 1. The number of hydrogen-bond donors (Lipinski definition) is 0. The molecule has 7 nitrogen and oxygen atoms in total. The first-order chi connectivity index (χ1) is 12.9. The van der Waals surface area contributed by atoms with Crippen molar-refractivity contribution in [3.63, 3.8) is 0 Å². The van der Waals surface area contributed by atoms with Gasteiger partial charge in [-0.2, -0.15) is 10.1 Å². The van der Waals surface area contributed by atoms with E-state index in [1.165, 1.54) is 6.33 Å². The summed E-state index contributed by atoms with van der Waals surface area (Å²) in [7, 11) is 0. The smallest absolute Gasteiger partial charge is 0.272 e. The number of carbonyl (C=O) groups excluding carboxylic acids is 1. The van der Waals surface area contributed by atoms with E-state index in [4.69, 9.17) is 0 Å². The van der Waals surface area contributed by atoms with Crippen molar-refractivity contribution in [3.8, 4) is 0 Å². The van der Waals surface area contributed by atoms with Crippen molar-refractivity contribution < 1.29 is 4.79 Å². The number of piperidine rings is 1. The molecule has 3 aromatic heterocycles. The van der Waals surface area contributed by atoms with Gasteiger partial charge in [0.15, 0.2) is 0 Å². The average molecular weight is 364 g/mol. The molecule has 140 valence electrons. The fourth-order valence-corrected chi connectivity index (χ4v) is 3.77. The second kappa shape index (κ2) is 6.72. The van der Waals surface area contributed by atoms with E-state index < -0.39 is 0 Å². The van der Waals surface area contributed by atoms with Gasteiger partial charge in [-0.3, -0.25) is 4.79 Å². The molecule has 3 aromatic rings. The van der Waals surface area contributed by atoms with Crippen LogP contribution in [0.5, 0.6) is 0 Å². The second-order valence-corrected chi connectivity index (χ2v) is 7.52. The average Bonchev–Trinajstić information content (AvgIpc) is 3.11. The number of aromatic nitrogens is 5. The minimum Gasteiger partial charge on any atom is -0.337 e. The van der Waals surface area contributed by atoms with Crippen LogP contribution in [-0.2, 0) is 0 Å². The van der Waals surface area contributed by atoms with Crippen molar-refractivity contribution >= 4 is 11.7 Å². The molecule has 27 heavy (non-hydrogen) atoms. The third-order valence-corrected chi connectivity index (χ3v) is 5.60. The molecule has 0 aliphatic carbocycles. The second-order valence-electron chi connectivity index (χ2n) is 7.52. The highest BCUT2D eigenvalue weighted by atomic mass is 16.2. The first kappa shape index (κ1) is 17.6. The van der Waals surface area contributed by atoms with Crippen LogP contribution in [0.15, 0.2) is 24.5 Å². The van der Waals surface area contributed by atoms with Gasteiger partial charge in [0.25, 0.3) is 11.7 Å². The summed E-state index contributed by atoms with van der Waals surface area (Å²) in [6.07, 6.45) is 2.47. The lowest BCUT2D eigenvalue weighted by Crippen LogP contribution is -2.43. The summed E-state index contributed by atoms with van der Waals surface area (Å²) < 4.78 is 1.80. The van der Waals surface area contributed by atoms with Gasteiger partial charge in [-0.1, -0.05) is 13.0 Å². The van der Waals surface area contributed by atoms with Crippen LogP contribution in [0.25, 0.3) is 5.78 Å². The quantitative estimate of drug-likeness (QED) is 0.699. The first-order valence-corrected chi connectivity index (χ1v) is 9.35. The zero-order chi connectivity index (χ0) is 19.1.